The van der Waals surface area contributed by atoms with Gasteiger partial charge in [-0.1, -0.05) is 23.2 Å². The Morgan fingerprint density at radius 3 is 2.74 bits per heavy atom. The first-order valence-electron chi connectivity index (χ1n) is 4.83. The first-order chi connectivity index (χ1) is 9.01. The van der Waals surface area contributed by atoms with Gasteiger partial charge >= 0.3 is 0 Å². The summed E-state index contributed by atoms with van der Waals surface area (Å²) in [5.41, 5.74) is 2.18. The number of nitrogens with two attached hydrogens (primary N) is 1. The number of nitrogen functional groups attached to an aromatic ring is 1. The Hall–Kier alpha value is -1.15. The van der Waals surface area contributed by atoms with Gasteiger partial charge in [0.05, 0.1) is 16.2 Å². The summed E-state index contributed by atoms with van der Waals surface area (Å²) in [7, 11) is 0. The molecule has 1 heterocycles. The van der Waals surface area contributed by atoms with E-state index in [-0.39, 0.29) is 22.6 Å². The highest BCUT2D eigenvalue weighted by atomic mass is 79.9. The Balaban J connectivity index is 2.38. The number of anilines is 1. The lowest BCUT2D eigenvalue weighted by atomic mass is 10.3. The maximum Gasteiger partial charge on any atom is 0.260 e. The highest BCUT2D eigenvalue weighted by Gasteiger charge is 2.13. The molecule has 0 spiro atoms. The normalized spacial score (nSPS) is 10.4. The molecule has 0 bridgehead atoms. The number of ether oxygens (including phenoxy) is 1. The molecule has 0 saturated heterocycles. The van der Waals surface area contributed by atoms with E-state index in [4.69, 9.17) is 33.8 Å². The van der Waals surface area contributed by atoms with Crippen molar-refractivity contribution in [3.8, 4) is 11.6 Å². The van der Waals surface area contributed by atoms with E-state index in [1.165, 1.54) is 12.1 Å². The van der Waals surface area contributed by atoms with Crippen LogP contribution in [0.5, 0.6) is 11.6 Å². The van der Waals surface area contributed by atoms with Gasteiger partial charge in [-0.2, -0.15) is 9.37 Å². The average Bonchev–Trinajstić information content (AvgIpc) is 2.38. The van der Waals surface area contributed by atoms with Gasteiger partial charge in [0.2, 0.25) is 11.8 Å². The predicted molar refractivity (Wildman–Crippen MR) is 74.0 cm³/mol. The lowest BCUT2D eigenvalue weighted by molar-refractivity contribution is 0.421. The minimum absolute atomic E-state index is 0.00994. The van der Waals surface area contributed by atoms with E-state index in [9.17, 15) is 4.39 Å². The largest absolute Gasteiger partial charge is 0.435 e. The fourth-order valence-electron chi connectivity index (χ4n) is 1.18. The van der Waals surface area contributed by atoms with Gasteiger partial charge in [0.25, 0.3) is 5.88 Å². The lowest BCUT2D eigenvalue weighted by Crippen LogP contribution is -2.11. The van der Waals surface area contributed by atoms with Crippen molar-refractivity contribution < 1.29 is 9.13 Å². The fraction of sp³-hybridized carbons (Fsp3) is 0. The highest BCUT2D eigenvalue weighted by Crippen LogP contribution is 2.36. The summed E-state index contributed by atoms with van der Waals surface area (Å²) in [5.74, 6) is 4.23. The van der Waals surface area contributed by atoms with Gasteiger partial charge in [0.1, 0.15) is 5.75 Å². The first kappa shape index (κ1) is 14.3. The van der Waals surface area contributed by atoms with Crippen molar-refractivity contribution >= 4 is 45.1 Å². The van der Waals surface area contributed by atoms with Crippen molar-refractivity contribution in [1.82, 2.24) is 9.97 Å². The van der Waals surface area contributed by atoms with Crippen LogP contribution in [-0.2, 0) is 0 Å². The molecular formula is C10H6BrCl2FN4O. The van der Waals surface area contributed by atoms with Crippen molar-refractivity contribution in [3.63, 3.8) is 0 Å². The SMILES string of the molecule is NNc1ncc(F)c(Oc2cc(Cl)c(Br)cc2Cl)n1. The molecule has 0 fully saturated rings. The summed E-state index contributed by atoms with van der Waals surface area (Å²) in [6.07, 6.45) is 0.923. The van der Waals surface area contributed by atoms with Crippen LogP contribution < -0.4 is 16.0 Å². The second-order valence-electron chi connectivity index (χ2n) is 3.29. The Bertz CT molecular complexity index is 629. The number of halogens is 4. The molecule has 0 amide bonds. The molecule has 0 radical (unpaired) electrons. The summed E-state index contributed by atoms with van der Waals surface area (Å²) in [5, 5.41) is 0.614. The van der Waals surface area contributed by atoms with Crippen LogP contribution in [0.4, 0.5) is 10.3 Å². The summed E-state index contributed by atoms with van der Waals surface area (Å²) >= 11 is 15.1. The molecule has 0 atom stereocenters. The number of nitrogens with one attached hydrogen (secondary N) is 1. The van der Waals surface area contributed by atoms with E-state index >= 15 is 0 Å². The van der Waals surface area contributed by atoms with E-state index in [0.717, 1.165) is 6.20 Å². The van der Waals surface area contributed by atoms with Gasteiger partial charge in [-0.25, -0.2) is 10.8 Å². The minimum Gasteiger partial charge on any atom is -0.435 e. The smallest absolute Gasteiger partial charge is 0.260 e. The van der Waals surface area contributed by atoms with Gasteiger partial charge < -0.3 is 4.74 Å². The third-order valence-corrected chi connectivity index (χ3v) is 3.51. The van der Waals surface area contributed by atoms with Crippen molar-refractivity contribution in [1.29, 1.82) is 0 Å². The monoisotopic (exact) mass is 366 g/mol. The van der Waals surface area contributed by atoms with E-state index in [0.29, 0.717) is 9.50 Å². The van der Waals surface area contributed by atoms with Crippen LogP contribution in [0.15, 0.2) is 22.8 Å². The zero-order valence-electron chi connectivity index (χ0n) is 9.12. The molecule has 0 aliphatic heterocycles. The molecule has 2 rings (SSSR count). The molecule has 0 aliphatic carbocycles. The summed E-state index contributed by atoms with van der Waals surface area (Å²) in [6, 6.07) is 2.96. The Kier molecular flexibility index (Phi) is 4.41. The molecule has 1 aromatic heterocycles. The third kappa shape index (κ3) is 3.24. The molecule has 0 aliphatic rings. The molecule has 0 unspecified atom stereocenters. The number of aromatic nitrogens is 2. The second-order valence-corrected chi connectivity index (χ2v) is 4.96. The van der Waals surface area contributed by atoms with Crippen LogP contribution in [0.1, 0.15) is 0 Å². The Morgan fingerprint density at radius 1 is 1.32 bits per heavy atom. The van der Waals surface area contributed by atoms with E-state index in [2.05, 4.69) is 31.3 Å². The minimum atomic E-state index is -0.755. The van der Waals surface area contributed by atoms with Crippen LogP contribution in [0.3, 0.4) is 0 Å². The zero-order chi connectivity index (χ0) is 14.0. The van der Waals surface area contributed by atoms with Gasteiger partial charge in [0.15, 0.2) is 0 Å². The average molecular weight is 368 g/mol. The molecule has 1 aromatic carbocycles. The van der Waals surface area contributed by atoms with Gasteiger partial charge in [-0.15, -0.1) is 0 Å². The number of hydrogen-bond acceptors (Lipinski definition) is 5. The van der Waals surface area contributed by atoms with E-state index in [1.54, 1.807) is 0 Å². The molecule has 0 saturated carbocycles. The highest BCUT2D eigenvalue weighted by molar-refractivity contribution is 9.10. The summed E-state index contributed by atoms with van der Waals surface area (Å²) < 4.78 is 19.4. The van der Waals surface area contributed by atoms with Crippen LogP contribution in [0, 0.1) is 5.82 Å². The van der Waals surface area contributed by atoms with Crippen molar-refractivity contribution in [3.05, 3.63) is 38.7 Å². The van der Waals surface area contributed by atoms with Gasteiger partial charge in [-0.05, 0) is 22.0 Å². The van der Waals surface area contributed by atoms with Crippen molar-refractivity contribution in [2.45, 2.75) is 0 Å². The van der Waals surface area contributed by atoms with E-state index < -0.39 is 5.82 Å². The lowest BCUT2D eigenvalue weighted by Gasteiger charge is -2.09. The van der Waals surface area contributed by atoms with Crippen molar-refractivity contribution in [2.75, 3.05) is 5.43 Å². The second kappa shape index (κ2) is 5.87. The van der Waals surface area contributed by atoms with Crippen LogP contribution in [0.2, 0.25) is 10.0 Å². The number of benzene rings is 1. The molecule has 19 heavy (non-hydrogen) atoms. The number of hydrogen-bond donors (Lipinski definition) is 2. The molecule has 2 aromatic rings. The van der Waals surface area contributed by atoms with Crippen molar-refractivity contribution in [2.24, 2.45) is 5.84 Å². The molecule has 5 nitrogen and oxygen atoms in total. The zero-order valence-corrected chi connectivity index (χ0v) is 12.2. The number of rotatable bonds is 3. The number of hydrazine groups is 1. The van der Waals surface area contributed by atoms with Crippen LogP contribution >= 0.6 is 39.1 Å². The van der Waals surface area contributed by atoms with Gasteiger partial charge in [0, 0.05) is 10.5 Å². The third-order valence-electron chi connectivity index (χ3n) is 2.02. The maximum atomic E-state index is 13.5. The first-order valence-corrected chi connectivity index (χ1v) is 6.37. The topological polar surface area (TPSA) is 73.1 Å². The van der Waals surface area contributed by atoms with Crippen LogP contribution in [0.25, 0.3) is 0 Å². The molecule has 9 heteroatoms. The fourth-order valence-corrected chi connectivity index (χ4v) is 2.01. The standard InChI is InChI=1S/C10H6BrCl2FN4O/c11-4-1-6(13)8(2-5(4)12)19-9-7(14)3-16-10(17-9)18-15/h1-3H,15H2,(H,16,17,18). The molecule has 3 N–H and O–H groups in total. The summed E-state index contributed by atoms with van der Waals surface area (Å²) in [4.78, 5) is 7.31. The van der Waals surface area contributed by atoms with Crippen LogP contribution in [-0.4, -0.2) is 9.97 Å². The molecule has 100 valence electrons. The van der Waals surface area contributed by atoms with E-state index in [1.807, 2.05) is 0 Å². The quantitative estimate of drug-likeness (QED) is 0.490. The maximum absolute atomic E-state index is 13.5. The number of nitrogens with zero attached hydrogens (tertiary/aromatic N) is 2. The molecular weight excluding hydrogens is 362 g/mol. The Labute approximate surface area is 126 Å². The Morgan fingerprint density at radius 2 is 2.05 bits per heavy atom. The summed E-state index contributed by atoms with van der Waals surface area (Å²) in [6.45, 7) is 0. The van der Waals surface area contributed by atoms with Gasteiger partial charge in [-0.3, -0.25) is 5.43 Å². The predicted octanol–water partition coefficient (Wildman–Crippen LogP) is 3.76.